The van der Waals surface area contributed by atoms with Gasteiger partial charge in [0, 0.05) is 46.1 Å². The summed E-state index contributed by atoms with van der Waals surface area (Å²) < 4.78 is 30.2. The van der Waals surface area contributed by atoms with Crippen LogP contribution in [0.2, 0.25) is 0 Å². The van der Waals surface area contributed by atoms with Gasteiger partial charge in [-0.1, -0.05) is 0 Å². The summed E-state index contributed by atoms with van der Waals surface area (Å²) in [4.78, 5) is 26.9. The van der Waals surface area contributed by atoms with E-state index >= 15 is 0 Å². The Balaban J connectivity index is 1.87. The molecule has 1 aromatic rings. The monoisotopic (exact) mass is 357 g/mol. The summed E-state index contributed by atoms with van der Waals surface area (Å²) in [6.45, 7) is 3.72. The van der Waals surface area contributed by atoms with Crippen molar-refractivity contribution in [3.8, 4) is 0 Å². The lowest BCUT2D eigenvalue weighted by molar-refractivity contribution is -0.138. The van der Waals surface area contributed by atoms with Crippen LogP contribution in [0, 0.1) is 0 Å². The van der Waals surface area contributed by atoms with Crippen LogP contribution in [0.5, 0.6) is 0 Å². The highest BCUT2D eigenvalue weighted by molar-refractivity contribution is 7.88. The van der Waals surface area contributed by atoms with E-state index in [1.54, 1.807) is 21.9 Å². The average Bonchev–Trinajstić information content (AvgIpc) is 3.03. The molecule has 2 amide bonds. The number of hydrogen-bond acceptors (Lipinski definition) is 5. The van der Waals surface area contributed by atoms with E-state index in [-0.39, 0.29) is 31.3 Å². The van der Waals surface area contributed by atoms with Crippen LogP contribution in [0.1, 0.15) is 19.1 Å². The summed E-state index contributed by atoms with van der Waals surface area (Å²) in [6.07, 6.45) is 2.70. The maximum Gasteiger partial charge on any atom is 0.224 e. The molecular formula is C15H23N3O5S. The van der Waals surface area contributed by atoms with Gasteiger partial charge in [-0.05, 0) is 12.1 Å². The van der Waals surface area contributed by atoms with Gasteiger partial charge in [0.25, 0.3) is 0 Å². The Bertz CT molecular complexity index is 663. The van der Waals surface area contributed by atoms with Crippen molar-refractivity contribution >= 4 is 21.8 Å². The molecule has 9 heteroatoms. The van der Waals surface area contributed by atoms with Crippen LogP contribution < -0.4 is 0 Å². The minimum Gasteiger partial charge on any atom is -0.468 e. The van der Waals surface area contributed by atoms with E-state index in [4.69, 9.17) is 4.42 Å². The Labute approximate surface area is 142 Å². The van der Waals surface area contributed by atoms with Crippen LogP contribution in [0.4, 0.5) is 0 Å². The third-order valence-electron chi connectivity index (χ3n) is 4.03. The Kier molecular flexibility index (Phi) is 6.00. The van der Waals surface area contributed by atoms with E-state index in [2.05, 4.69) is 0 Å². The second-order valence-corrected chi connectivity index (χ2v) is 7.80. The van der Waals surface area contributed by atoms with Gasteiger partial charge in [-0.25, -0.2) is 8.42 Å². The first-order valence-electron chi connectivity index (χ1n) is 7.78. The van der Waals surface area contributed by atoms with Gasteiger partial charge in [-0.2, -0.15) is 4.31 Å². The third-order valence-corrected chi connectivity index (χ3v) is 5.28. The molecule has 0 spiro atoms. The van der Waals surface area contributed by atoms with Crippen LogP contribution in [-0.4, -0.2) is 73.3 Å². The molecule has 1 aliphatic heterocycles. The Morgan fingerprint density at radius 2 is 1.83 bits per heavy atom. The fourth-order valence-corrected chi connectivity index (χ4v) is 3.37. The molecule has 0 aliphatic carbocycles. The SMILES string of the molecule is CC(=O)N1CCN(C(=O)CCN(Cc2ccco2)S(C)(=O)=O)CC1. The van der Waals surface area contributed by atoms with Crippen LogP contribution in [0.25, 0.3) is 0 Å². The van der Waals surface area contributed by atoms with Crippen molar-refractivity contribution < 1.29 is 22.4 Å². The maximum absolute atomic E-state index is 12.3. The lowest BCUT2D eigenvalue weighted by Gasteiger charge is -2.34. The lowest BCUT2D eigenvalue weighted by Crippen LogP contribution is -2.50. The zero-order valence-electron chi connectivity index (χ0n) is 14.0. The minimum atomic E-state index is -3.44. The zero-order valence-corrected chi connectivity index (χ0v) is 14.8. The molecule has 0 radical (unpaired) electrons. The number of carbonyl (C=O) groups excluding carboxylic acids is 2. The van der Waals surface area contributed by atoms with Crippen molar-refractivity contribution in [2.75, 3.05) is 39.0 Å². The highest BCUT2D eigenvalue weighted by Crippen LogP contribution is 2.11. The van der Waals surface area contributed by atoms with E-state index in [0.717, 1.165) is 6.26 Å². The number of rotatable bonds is 6. The van der Waals surface area contributed by atoms with E-state index in [1.807, 2.05) is 0 Å². The summed E-state index contributed by atoms with van der Waals surface area (Å²) in [5.41, 5.74) is 0. The first-order valence-corrected chi connectivity index (χ1v) is 9.63. The molecule has 0 aromatic carbocycles. The first kappa shape index (κ1) is 18.5. The second kappa shape index (κ2) is 7.80. The van der Waals surface area contributed by atoms with E-state index in [9.17, 15) is 18.0 Å². The molecule has 1 aromatic heterocycles. The summed E-state index contributed by atoms with van der Waals surface area (Å²) in [7, 11) is -3.44. The number of furan rings is 1. The molecule has 2 rings (SSSR count). The smallest absolute Gasteiger partial charge is 0.224 e. The fraction of sp³-hybridized carbons (Fsp3) is 0.600. The highest BCUT2D eigenvalue weighted by atomic mass is 32.2. The molecule has 1 saturated heterocycles. The predicted molar refractivity (Wildman–Crippen MR) is 87.4 cm³/mol. The van der Waals surface area contributed by atoms with Gasteiger partial charge in [0.2, 0.25) is 21.8 Å². The molecule has 134 valence electrons. The number of hydrogen-bond donors (Lipinski definition) is 0. The highest BCUT2D eigenvalue weighted by Gasteiger charge is 2.24. The van der Waals surface area contributed by atoms with Gasteiger partial charge in [0.15, 0.2) is 0 Å². The van der Waals surface area contributed by atoms with Crippen LogP contribution >= 0.6 is 0 Å². The summed E-state index contributed by atoms with van der Waals surface area (Å²) in [6, 6.07) is 3.39. The standard InChI is InChI=1S/C15H23N3O5S/c1-13(19)16-7-9-17(10-8-16)15(20)5-6-18(24(2,21)22)12-14-4-3-11-23-14/h3-4,11H,5-10,12H2,1-2H3. The molecular weight excluding hydrogens is 334 g/mol. The van der Waals surface area contributed by atoms with Crippen LogP contribution in [0.15, 0.2) is 22.8 Å². The molecule has 0 atom stereocenters. The summed E-state index contributed by atoms with van der Waals surface area (Å²) in [5.74, 6) is 0.429. The predicted octanol–water partition coefficient (Wildman–Crippen LogP) is 0.122. The molecule has 0 bridgehead atoms. The van der Waals surface area contributed by atoms with E-state index in [1.165, 1.54) is 17.5 Å². The van der Waals surface area contributed by atoms with Crippen molar-refractivity contribution in [1.82, 2.24) is 14.1 Å². The number of nitrogens with zero attached hydrogens (tertiary/aromatic N) is 3. The molecule has 1 aliphatic rings. The normalized spacial score (nSPS) is 15.8. The molecule has 2 heterocycles. The fourth-order valence-electron chi connectivity index (χ4n) is 2.59. The van der Waals surface area contributed by atoms with Gasteiger partial charge < -0.3 is 14.2 Å². The van der Waals surface area contributed by atoms with Gasteiger partial charge in [-0.3, -0.25) is 9.59 Å². The molecule has 8 nitrogen and oxygen atoms in total. The van der Waals surface area contributed by atoms with Gasteiger partial charge in [-0.15, -0.1) is 0 Å². The number of sulfonamides is 1. The summed E-state index contributed by atoms with van der Waals surface area (Å²) >= 11 is 0. The first-order chi connectivity index (χ1) is 11.3. The average molecular weight is 357 g/mol. The van der Waals surface area contributed by atoms with Crippen LogP contribution in [-0.2, 0) is 26.2 Å². The van der Waals surface area contributed by atoms with Gasteiger partial charge >= 0.3 is 0 Å². The number of piperazine rings is 1. The van der Waals surface area contributed by atoms with Crippen molar-refractivity contribution in [3.63, 3.8) is 0 Å². The molecule has 0 saturated carbocycles. The van der Waals surface area contributed by atoms with E-state index < -0.39 is 10.0 Å². The molecule has 0 N–H and O–H groups in total. The Hall–Kier alpha value is -1.87. The van der Waals surface area contributed by atoms with Crippen molar-refractivity contribution in [3.05, 3.63) is 24.2 Å². The number of carbonyl (C=O) groups is 2. The molecule has 0 unspecified atom stereocenters. The Morgan fingerprint density at radius 3 is 2.33 bits per heavy atom. The van der Waals surface area contributed by atoms with Crippen molar-refractivity contribution in [2.45, 2.75) is 19.9 Å². The maximum atomic E-state index is 12.3. The summed E-state index contributed by atoms with van der Waals surface area (Å²) in [5, 5.41) is 0. The van der Waals surface area contributed by atoms with Crippen molar-refractivity contribution in [1.29, 1.82) is 0 Å². The quantitative estimate of drug-likeness (QED) is 0.721. The van der Waals surface area contributed by atoms with Crippen molar-refractivity contribution in [2.24, 2.45) is 0 Å². The largest absolute Gasteiger partial charge is 0.468 e. The van der Waals surface area contributed by atoms with E-state index in [0.29, 0.717) is 31.9 Å². The van der Waals surface area contributed by atoms with Gasteiger partial charge in [0.05, 0.1) is 19.1 Å². The minimum absolute atomic E-state index is 0.00352. The second-order valence-electron chi connectivity index (χ2n) is 5.81. The van der Waals surface area contributed by atoms with Crippen LogP contribution in [0.3, 0.4) is 0 Å². The zero-order chi connectivity index (χ0) is 17.7. The Morgan fingerprint density at radius 1 is 1.21 bits per heavy atom. The third kappa shape index (κ3) is 5.07. The number of amides is 2. The topological polar surface area (TPSA) is 91.1 Å². The lowest BCUT2D eigenvalue weighted by atomic mass is 10.2. The van der Waals surface area contributed by atoms with Gasteiger partial charge in [0.1, 0.15) is 5.76 Å². The molecule has 24 heavy (non-hydrogen) atoms. The molecule has 1 fully saturated rings.